The molecule has 3 aromatic rings. The quantitative estimate of drug-likeness (QED) is 0.551. The molecule has 4 rings (SSSR count). The Bertz CT molecular complexity index is 1180. The molecule has 0 N–H and O–H groups in total. The summed E-state index contributed by atoms with van der Waals surface area (Å²) in [5, 5.41) is 2.84. The predicted molar refractivity (Wildman–Crippen MR) is 115 cm³/mol. The van der Waals surface area contributed by atoms with Crippen LogP contribution in [0.1, 0.15) is 23.1 Å². The standard InChI is InChI=1S/C21H19ClN2O4S2/c1-14(28-18-4-2-3-17(22)10-18)21(25)24-11-15-5-6-19(9-16(15)12-24)30(26,27)13-20-23-7-8-29-20/h2-10,14H,11-13H2,1H3. The summed E-state index contributed by atoms with van der Waals surface area (Å²) >= 11 is 7.28. The number of nitrogens with zero attached hydrogens (tertiary/aromatic N) is 2. The van der Waals surface area contributed by atoms with E-state index in [-0.39, 0.29) is 16.6 Å². The van der Waals surface area contributed by atoms with Gasteiger partial charge in [0.25, 0.3) is 5.91 Å². The molecule has 1 unspecified atom stereocenters. The first kappa shape index (κ1) is 20.8. The summed E-state index contributed by atoms with van der Waals surface area (Å²) in [6.45, 7) is 2.46. The van der Waals surface area contributed by atoms with Crippen LogP contribution in [-0.4, -0.2) is 30.3 Å². The van der Waals surface area contributed by atoms with Crippen molar-refractivity contribution in [3.05, 3.63) is 75.2 Å². The first-order valence-electron chi connectivity index (χ1n) is 9.26. The van der Waals surface area contributed by atoms with Gasteiger partial charge in [0.2, 0.25) is 0 Å². The van der Waals surface area contributed by atoms with Crippen LogP contribution < -0.4 is 4.74 Å². The van der Waals surface area contributed by atoms with Crippen LogP contribution in [-0.2, 0) is 33.5 Å². The van der Waals surface area contributed by atoms with Gasteiger partial charge in [-0.25, -0.2) is 13.4 Å². The second-order valence-corrected chi connectivity index (χ2v) is 10.4. The van der Waals surface area contributed by atoms with Crippen molar-refractivity contribution >= 4 is 38.7 Å². The highest BCUT2D eigenvalue weighted by molar-refractivity contribution is 7.90. The average Bonchev–Trinajstić information content (AvgIpc) is 3.35. The topological polar surface area (TPSA) is 76.6 Å². The van der Waals surface area contributed by atoms with Crippen molar-refractivity contribution in [3.63, 3.8) is 0 Å². The number of thiazole rings is 1. The number of hydrogen-bond donors (Lipinski definition) is 0. The lowest BCUT2D eigenvalue weighted by Gasteiger charge is -2.21. The van der Waals surface area contributed by atoms with Crippen LogP contribution in [0.2, 0.25) is 5.02 Å². The molecule has 0 bridgehead atoms. The lowest BCUT2D eigenvalue weighted by Crippen LogP contribution is -2.37. The van der Waals surface area contributed by atoms with E-state index in [1.165, 1.54) is 11.3 Å². The molecular weight excluding hydrogens is 444 g/mol. The molecule has 0 aliphatic carbocycles. The van der Waals surface area contributed by atoms with Gasteiger partial charge in [0, 0.05) is 29.7 Å². The van der Waals surface area contributed by atoms with E-state index in [4.69, 9.17) is 16.3 Å². The Kier molecular flexibility index (Phi) is 5.81. The Hall–Kier alpha value is -2.42. The molecule has 30 heavy (non-hydrogen) atoms. The lowest BCUT2D eigenvalue weighted by atomic mass is 10.1. The van der Waals surface area contributed by atoms with E-state index in [0.29, 0.717) is 28.9 Å². The van der Waals surface area contributed by atoms with Gasteiger partial charge in [-0.1, -0.05) is 23.7 Å². The average molecular weight is 463 g/mol. The molecule has 2 aromatic carbocycles. The Morgan fingerprint density at radius 3 is 2.77 bits per heavy atom. The summed E-state index contributed by atoms with van der Waals surface area (Å²) in [6.07, 6.45) is 0.903. The second-order valence-electron chi connectivity index (χ2n) is 7.03. The normalized spacial score (nSPS) is 14.4. The fraction of sp³-hybridized carbons (Fsp3) is 0.238. The number of aromatic nitrogens is 1. The van der Waals surface area contributed by atoms with E-state index < -0.39 is 15.9 Å². The van der Waals surface area contributed by atoms with Crippen molar-refractivity contribution in [1.82, 2.24) is 9.88 Å². The van der Waals surface area contributed by atoms with Crippen LogP contribution in [0.5, 0.6) is 5.75 Å². The van der Waals surface area contributed by atoms with E-state index in [1.807, 2.05) is 0 Å². The number of benzene rings is 2. The second kappa shape index (κ2) is 8.37. The van der Waals surface area contributed by atoms with Crippen LogP contribution >= 0.6 is 22.9 Å². The van der Waals surface area contributed by atoms with Crippen molar-refractivity contribution in [3.8, 4) is 5.75 Å². The molecule has 0 saturated heterocycles. The third-order valence-corrected chi connectivity index (χ3v) is 7.65. The number of sulfone groups is 1. The largest absolute Gasteiger partial charge is 0.481 e. The predicted octanol–water partition coefficient (Wildman–Crippen LogP) is 4.08. The third kappa shape index (κ3) is 4.50. The molecule has 1 aliphatic rings. The number of ether oxygens (including phenoxy) is 1. The summed E-state index contributed by atoms with van der Waals surface area (Å²) in [4.78, 5) is 18.8. The van der Waals surface area contributed by atoms with E-state index in [1.54, 1.807) is 65.9 Å². The maximum absolute atomic E-state index is 12.8. The number of carbonyl (C=O) groups excluding carboxylic acids is 1. The van der Waals surface area contributed by atoms with E-state index in [9.17, 15) is 13.2 Å². The molecule has 9 heteroatoms. The first-order chi connectivity index (χ1) is 14.3. The van der Waals surface area contributed by atoms with Crippen LogP contribution in [0.15, 0.2) is 58.9 Å². The summed E-state index contributed by atoms with van der Waals surface area (Å²) < 4.78 is 31.1. The Balaban J connectivity index is 1.46. The zero-order chi connectivity index (χ0) is 21.3. The minimum atomic E-state index is -3.50. The van der Waals surface area contributed by atoms with Gasteiger partial charge >= 0.3 is 0 Å². The van der Waals surface area contributed by atoms with Gasteiger partial charge in [0.1, 0.15) is 16.5 Å². The number of amides is 1. The Morgan fingerprint density at radius 1 is 1.23 bits per heavy atom. The molecule has 0 spiro atoms. The molecule has 0 saturated carbocycles. The molecule has 156 valence electrons. The molecule has 1 atom stereocenters. The summed E-state index contributed by atoms with van der Waals surface area (Å²) in [5.41, 5.74) is 1.77. The van der Waals surface area contributed by atoms with Crippen LogP contribution in [0.25, 0.3) is 0 Å². The monoisotopic (exact) mass is 462 g/mol. The highest BCUT2D eigenvalue weighted by atomic mass is 35.5. The van der Waals surface area contributed by atoms with E-state index in [2.05, 4.69) is 4.98 Å². The van der Waals surface area contributed by atoms with Crippen molar-refractivity contribution in [1.29, 1.82) is 0 Å². The zero-order valence-corrected chi connectivity index (χ0v) is 18.5. The minimum Gasteiger partial charge on any atom is -0.481 e. The van der Waals surface area contributed by atoms with Crippen LogP contribution in [0.3, 0.4) is 0 Å². The van der Waals surface area contributed by atoms with Crippen molar-refractivity contribution < 1.29 is 17.9 Å². The van der Waals surface area contributed by atoms with Gasteiger partial charge in [-0.3, -0.25) is 4.79 Å². The third-order valence-electron chi connectivity index (χ3n) is 4.82. The minimum absolute atomic E-state index is 0.128. The summed E-state index contributed by atoms with van der Waals surface area (Å²) in [6, 6.07) is 11.9. The van der Waals surface area contributed by atoms with E-state index >= 15 is 0 Å². The SMILES string of the molecule is CC(Oc1cccc(Cl)c1)C(=O)N1Cc2ccc(S(=O)(=O)Cc3nccs3)cc2C1. The molecule has 1 aliphatic heterocycles. The summed E-state index contributed by atoms with van der Waals surface area (Å²) in [5.74, 6) is 0.227. The smallest absolute Gasteiger partial charge is 0.263 e. The number of hydrogen-bond acceptors (Lipinski definition) is 6. The fourth-order valence-electron chi connectivity index (χ4n) is 3.34. The summed E-state index contributed by atoms with van der Waals surface area (Å²) in [7, 11) is -3.50. The first-order valence-corrected chi connectivity index (χ1v) is 12.2. The number of halogens is 1. The maximum Gasteiger partial charge on any atom is 0.263 e. The van der Waals surface area contributed by atoms with Crippen molar-refractivity contribution in [2.75, 3.05) is 0 Å². The maximum atomic E-state index is 12.8. The van der Waals surface area contributed by atoms with Gasteiger partial charge in [-0.05, 0) is 48.4 Å². The zero-order valence-electron chi connectivity index (χ0n) is 16.1. The van der Waals surface area contributed by atoms with Gasteiger partial charge in [-0.2, -0.15) is 0 Å². The van der Waals surface area contributed by atoms with Gasteiger partial charge in [-0.15, -0.1) is 11.3 Å². The van der Waals surface area contributed by atoms with Crippen molar-refractivity contribution in [2.24, 2.45) is 0 Å². The molecule has 0 fully saturated rings. The molecular formula is C21H19ClN2O4S2. The number of rotatable bonds is 6. The molecule has 2 heterocycles. The fourth-order valence-corrected chi connectivity index (χ4v) is 5.82. The van der Waals surface area contributed by atoms with Gasteiger partial charge in [0.15, 0.2) is 15.9 Å². The Labute approximate surface area is 184 Å². The number of fused-ring (bicyclic) bond motifs is 1. The Morgan fingerprint density at radius 2 is 2.03 bits per heavy atom. The van der Waals surface area contributed by atoms with E-state index in [0.717, 1.165) is 11.1 Å². The molecule has 6 nitrogen and oxygen atoms in total. The lowest BCUT2D eigenvalue weighted by molar-refractivity contribution is -0.138. The molecule has 1 amide bonds. The van der Waals surface area contributed by atoms with Crippen LogP contribution in [0.4, 0.5) is 0 Å². The molecule has 0 radical (unpaired) electrons. The van der Waals surface area contributed by atoms with Gasteiger partial charge in [0.05, 0.1) is 4.90 Å². The van der Waals surface area contributed by atoms with Crippen LogP contribution in [0, 0.1) is 0 Å². The highest BCUT2D eigenvalue weighted by Gasteiger charge is 2.29. The number of carbonyl (C=O) groups is 1. The van der Waals surface area contributed by atoms with Crippen molar-refractivity contribution in [2.45, 2.75) is 36.8 Å². The molecule has 1 aromatic heterocycles. The van der Waals surface area contributed by atoms with Gasteiger partial charge < -0.3 is 9.64 Å². The highest BCUT2D eigenvalue weighted by Crippen LogP contribution is 2.28.